The minimum absolute atomic E-state index is 0.436. The van der Waals surface area contributed by atoms with Gasteiger partial charge in [-0.1, -0.05) is 25.1 Å². The summed E-state index contributed by atoms with van der Waals surface area (Å²) < 4.78 is 0. The van der Waals surface area contributed by atoms with Crippen LogP contribution >= 0.6 is 0 Å². The summed E-state index contributed by atoms with van der Waals surface area (Å²) >= 11 is 0. The molecule has 1 N–H and O–H groups in total. The van der Waals surface area contributed by atoms with Gasteiger partial charge in [0.15, 0.2) is 0 Å². The Kier molecular flexibility index (Phi) is 3.79. The van der Waals surface area contributed by atoms with E-state index in [4.69, 9.17) is 5.11 Å². The van der Waals surface area contributed by atoms with Crippen molar-refractivity contribution in [1.82, 2.24) is 4.90 Å². The van der Waals surface area contributed by atoms with Crippen molar-refractivity contribution in [2.24, 2.45) is 5.92 Å². The lowest BCUT2D eigenvalue weighted by Crippen LogP contribution is -2.34. The Labute approximate surface area is 102 Å². The molecule has 0 aliphatic carbocycles. The van der Waals surface area contributed by atoms with Crippen LogP contribution in [0.25, 0.3) is 0 Å². The number of hydrogen-bond donors (Lipinski definition) is 1. The molecule has 1 aliphatic heterocycles. The zero-order chi connectivity index (χ0) is 12.3. The van der Waals surface area contributed by atoms with Crippen molar-refractivity contribution < 1.29 is 9.90 Å². The number of carboxylic acid groups (broad SMARTS) is 1. The number of hydrogen-bond acceptors (Lipinski definition) is 2. The van der Waals surface area contributed by atoms with Crippen molar-refractivity contribution in [3.63, 3.8) is 0 Å². The van der Waals surface area contributed by atoms with Crippen LogP contribution in [-0.2, 0) is 6.54 Å². The highest BCUT2D eigenvalue weighted by Gasteiger charge is 2.18. The van der Waals surface area contributed by atoms with Crippen LogP contribution in [0.3, 0.4) is 0 Å². The van der Waals surface area contributed by atoms with Crippen molar-refractivity contribution in [3.05, 3.63) is 35.4 Å². The first-order chi connectivity index (χ1) is 8.16. The molecule has 1 atom stereocenters. The van der Waals surface area contributed by atoms with Gasteiger partial charge in [0.2, 0.25) is 0 Å². The van der Waals surface area contributed by atoms with Gasteiger partial charge in [0.05, 0.1) is 5.56 Å². The maximum Gasteiger partial charge on any atom is 0.336 e. The molecule has 2 rings (SSSR count). The van der Waals surface area contributed by atoms with Crippen molar-refractivity contribution in [2.45, 2.75) is 26.3 Å². The standard InChI is InChI=1S/C14H19NO2/c1-11-5-4-8-15(9-11)10-12-6-2-3-7-13(12)14(16)17/h2-3,6-7,11H,4-5,8-10H2,1H3,(H,16,17). The molecule has 0 saturated carbocycles. The molecule has 1 aromatic carbocycles. The van der Waals surface area contributed by atoms with Crippen LogP contribution in [0.15, 0.2) is 24.3 Å². The van der Waals surface area contributed by atoms with E-state index in [1.54, 1.807) is 12.1 Å². The number of carboxylic acids is 1. The molecule has 3 heteroatoms. The molecule has 1 saturated heterocycles. The number of likely N-dealkylation sites (tertiary alicyclic amines) is 1. The number of carbonyl (C=O) groups is 1. The van der Waals surface area contributed by atoms with Crippen molar-refractivity contribution in [2.75, 3.05) is 13.1 Å². The van der Waals surface area contributed by atoms with Crippen LogP contribution in [0.1, 0.15) is 35.7 Å². The van der Waals surface area contributed by atoms with Gasteiger partial charge in [0.1, 0.15) is 0 Å². The number of aromatic carboxylic acids is 1. The molecule has 1 aliphatic rings. The average molecular weight is 233 g/mol. The van der Waals surface area contributed by atoms with Crippen LogP contribution in [-0.4, -0.2) is 29.1 Å². The van der Waals surface area contributed by atoms with Gasteiger partial charge in [-0.3, -0.25) is 4.90 Å². The Morgan fingerprint density at radius 1 is 1.47 bits per heavy atom. The summed E-state index contributed by atoms with van der Waals surface area (Å²) in [4.78, 5) is 13.5. The molecule has 3 nitrogen and oxygen atoms in total. The average Bonchev–Trinajstić information content (AvgIpc) is 2.29. The van der Waals surface area contributed by atoms with E-state index in [-0.39, 0.29) is 0 Å². The summed E-state index contributed by atoms with van der Waals surface area (Å²) in [6.07, 6.45) is 2.51. The smallest absolute Gasteiger partial charge is 0.336 e. The lowest BCUT2D eigenvalue weighted by Gasteiger charge is -2.31. The second kappa shape index (κ2) is 5.32. The predicted octanol–water partition coefficient (Wildman–Crippen LogP) is 2.62. The van der Waals surface area contributed by atoms with Gasteiger partial charge in [-0.05, 0) is 36.9 Å². The van der Waals surface area contributed by atoms with E-state index in [1.165, 1.54) is 12.8 Å². The zero-order valence-electron chi connectivity index (χ0n) is 10.2. The molecule has 92 valence electrons. The van der Waals surface area contributed by atoms with Crippen molar-refractivity contribution >= 4 is 5.97 Å². The third-order valence-corrected chi connectivity index (χ3v) is 3.38. The summed E-state index contributed by atoms with van der Waals surface area (Å²) in [6.45, 7) is 5.17. The first-order valence-electron chi connectivity index (χ1n) is 6.20. The van der Waals surface area contributed by atoms with E-state index in [0.29, 0.717) is 5.56 Å². The van der Waals surface area contributed by atoms with Gasteiger partial charge in [0.25, 0.3) is 0 Å². The fourth-order valence-electron chi connectivity index (χ4n) is 2.54. The van der Waals surface area contributed by atoms with Crippen molar-refractivity contribution in [1.29, 1.82) is 0 Å². The highest BCUT2D eigenvalue weighted by Crippen LogP contribution is 2.19. The Bertz CT molecular complexity index is 403. The number of benzene rings is 1. The number of nitrogens with zero attached hydrogens (tertiary/aromatic N) is 1. The number of rotatable bonds is 3. The molecular weight excluding hydrogens is 214 g/mol. The zero-order valence-corrected chi connectivity index (χ0v) is 10.2. The highest BCUT2D eigenvalue weighted by atomic mass is 16.4. The van der Waals surface area contributed by atoms with Crippen LogP contribution in [0, 0.1) is 5.92 Å². The Morgan fingerprint density at radius 2 is 2.24 bits per heavy atom. The molecule has 1 fully saturated rings. The Balaban J connectivity index is 2.10. The quantitative estimate of drug-likeness (QED) is 0.872. The van der Waals surface area contributed by atoms with E-state index in [1.807, 2.05) is 12.1 Å². The fourth-order valence-corrected chi connectivity index (χ4v) is 2.54. The van der Waals surface area contributed by atoms with E-state index >= 15 is 0 Å². The molecule has 1 aromatic rings. The molecule has 0 amide bonds. The predicted molar refractivity (Wildman–Crippen MR) is 67.1 cm³/mol. The molecule has 0 aromatic heterocycles. The highest BCUT2D eigenvalue weighted by molar-refractivity contribution is 5.89. The Morgan fingerprint density at radius 3 is 2.94 bits per heavy atom. The topological polar surface area (TPSA) is 40.5 Å². The summed E-state index contributed by atoms with van der Waals surface area (Å²) in [5.41, 5.74) is 1.36. The first kappa shape index (κ1) is 12.1. The first-order valence-corrected chi connectivity index (χ1v) is 6.20. The molecule has 0 bridgehead atoms. The second-order valence-corrected chi connectivity index (χ2v) is 4.94. The maximum atomic E-state index is 11.1. The monoisotopic (exact) mass is 233 g/mol. The molecule has 0 radical (unpaired) electrons. The fraction of sp³-hybridized carbons (Fsp3) is 0.500. The van der Waals surface area contributed by atoms with Gasteiger partial charge >= 0.3 is 5.97 Å². The van der Waals surface area contributed by atoms with E-state index in [0.717, 1.165) is 31.1 Å². The van der Waals surface area contributed by atoms with Gasteiger partial charge in [-0.15, -0.1) is 0 Å². The molecular formula is C14H19NO2. The molecule has 17 heavy (non-hydrogen) atoms. The lowest BCUT2D eigenvalue weighted by atomic mass is 9.99. The van der Waals surface area contributed by atoms with Crippen LogP contribution in [0.2, 0.25) is 0 Å². The van der Waals surface area contributed by atoms with Gasteiger partial charge in [0, 0.05) is 13.1 Å². The van der Waals surface area contributed by atoms with Crippen LogP contribution < -0.4 is 0 Å². The van der Waals surface area contributed by atoms with Crippen LogP contribution in [0.5, 0.6) is 0 Å². The molecule has 1 unspecified atom stereocenters. The normalized spacial score (nSPS) is 21.4. The summed E-state index contributed by atoms with van der Waals surface area (Å²) in [5, 5.41) is 9.13. The summed E-state index contributed by atoms with van der Waals surface area (Å²) in [5.74, 6) is -0.105. The van der Waals surface area contributed by atoms with E-state index < -0.39 is 5.97 Å². The Hall–Kier alpha value is -1.35. The molecule has 0 spiro atoms. The van der Waals surface area contributed by atoms with Gasteiger partial charge < -0.3 is 5.11 Å². The van der Waals surface area contributed by atoms with Crippen molar-refractivity contribution in [3.8, 4) is 0 Å². The minimum Gasteiger partial charge on any atom is -0.478 e. The minimum atomic E-state index is -0.828. The third-order valence-electron chi connectivity index (χ3n) is 3.38. The van der Waals surface area contributed by atoms with Gasteiger partial charge in [-0.2, -0.15) is 0 Å². The molecule has 1 heterocycles. The third kappa shape index (κ3) is 3.07. The summed E-state index contributed by atoms with van der Waals surface area (Å²) in [7, 11) is 0. The van der Waals surface area contributed by atoms with E-state index in [9.17, 15) is 4.79 Å². The van der Waals surface area contributed by atoms with E-state index in [2.05, 4.69) is 11.8 Å². The van der Waals surface area contributed by atoms with Crippen LogP contribution in [0.4, 0.5) is 0 Å². The maximum absolute atomic E-state index is 11.1. The van der Waals surface area contributed by atoms with Gasteiger partial charge in [-0.25, -0.2) is 4.79 Å². The SMILES string of the molecule is CC1CCCN(Cc2ccccc2C(=O)O)C1. The number of piperidine rings is 1. The summed E-state index contributed by atoms with van der Waals surface area (Å²) in [6, 6.07) is 7.30. The second-order valence-electron chi connectivity index (χ2n) is 4.94. The lowest BCUT2D eigenvalue weighted by molar-refractivity contribution is 0.0693. The largest absolute Gasteiger partial charge is 0.478 e.